The van der Waals surface area contributed by atoms with Crippen molar-refractivity contribution in [3.05, 3.63) is 0 Å². The first-order valence-corrected chi connectivity index (χ1v) is 6.90. The minimum Gasteiger partial charge on any atom is -0.434 e. The highest BCUT2D eigenvalue weighted by molar-refractivity contribution is 5.76. The Morgan fingerprint density at radius 3 is 2.74 bits per heavy atom. The van der Waals surface area contributed by atoms with Crippen molar-refractivity contribution in [2.24, 2.45) is 0 Å². The molecule has 1 fully saturated rings. The molecule has 6 nitrogen and oxygen atoms in total. The summed E-state index contributed by atoms with van der Waals surface area (Å²) in [6, 6.07) is -0.286. The summed E-state index contributed by atoms with van der Waals surface area (Å²) < 4.78 is 14.7. The molecular formula is C13H23NO5. The van der Waals surface area contributed by atoms with Crippen LogP contribution >= 0.6 is 0 Å². The average molecular weight is 273 g/mol. The van der Waals surface area contributed by atoms with E-state index in [1.165, 1.54) is 6.92 Å². The fraction of sp³-hybridized carbons (Fsp3) is 0.846. The van der Waals surface area contributed by atoms with E-state index in [2.05, 4.69) is 12.2 Å². The SMILES string of the molecule is CCCCCOC(=O)OC(C)OC(=O)C1CCCN1. The molecule has 2 atom stereocenters. The minimum atomic E-state index is -0.923. The monoisotopic (exact) mass is 273 g/mol. The van der Waals surface area contributed by atoms with Gasteiger partial charge in [-0.2, -0.15) is 0 Å². The van der Waals surface area contributed by atoms with Gasteiger partial charge in [0.25, 0.3) is 0 Å². The summed E-state index contributed by atoms with van der Waals surface area (Å²) in [7, 11) is 0. The highest BCUT2D eigenvalue weighted by atomic mass is 16.8. The molecule has 1 heterocycles. The van der Waals surface area contributed by atoms with Gasteiger partial charge >= 0.3 is 12.1 Å². The molecule has 0 aromatic heterocycles. The molecule has 19 heavy (non-hydrogen) atoms. The molecule has 1 rings (SSSR count). The normalized spacial score (nSPS) is 19.8. The summed E-state index contributed by atoms with van der Waals surface area (Å²) in [5.41, 5.74) is 0. The van der Waals surface area contributed by atoms with Crippen molar-refractivity contribution in [2.75, 3.05) is 13.2 Å². The number of rotatable bonds is 7. The fourth-order valence-corrected chi connectivity index (χ4v) is 1.83. The summed E-state index contributed by atoms with van der Waals surface area (Å²) in [5, 5.41) is 3.02. The van der Waals surface area contributed by atoms with E-state index < -0.39 is 12.4 Å². The van der Waals surface area contributed by atoms with E-state index in [4.69, 9.17) is 14.2 Å². The van der Waals surface area contributed by atoms with Crippen LogP contribution in [-0.4, -0.2) is 37.6 Å². The summed E-state index contributed by atoms with van der Waals surface area (Å²) in [4.78, 5) is 22.9. The molecular weight excluding hydrogens is 250 g/mol. The first-order valence-electron chi connectivity index (χ1n) is 6.90. The van der Waals surface area contributed by atoms with Crippen LogP contribution in [0.15, 0.2) is 0 Å². The Labute approximate surface area is 113 Å². The van der Waals surface area contributed by atoms with Crippen molar-refractivity contribution < 1.29 is 23.8 Å². The van der Waals surface area contributed by atoms with E-state index in [1.54, 1.807) is 0 Å². The number of unbranched alkanes of at least 4 members (excludes halogenated alkanes) is 2. The van der Waals surface area contributed by atoms with Crippen LogP contribution in [0.25, 0.3) is 0 Å². The third-order valence-electron chi connectivity index (χ3n) is 2.86. The smallest absolute Gasteiger partial charge is 0.434 e. The Morgan fingerprint density at radius 2 is 2.11 bits per heavy atom. The van der Waals surface area contributed by atoms with E-state index in [0.717, 1.165) is 38.6 Å². The zero-order chi connectivity index (χ0) is 14.1. The van der Waals surface area contributed by atoms with Gasteiger partial charge in [-0.05, 0) is 25.8 Å². The van der Waals surface area contributed by atoms with E-state index in [0.29, 0.717) is 6.61 Å². The Bertz CT molecular complexity index is 289. The molecule has 0 aliphatic carbocycles. The first kappa shape index (κ1) is 15.8. The Hall–Kier alpha value is -1.30. The van der Waals surface area contributed by atoms with Crippen molar-refractivity contribution in [2.45, 2.75) is 58.3 Å². The largest absolute Gasteiger partial charge is 0.511 e. The molecule has 2 unspecified atom stereocenters. The molecule has 0 saturated carbocycles. The second kappa shape index (κ2) is 8.74. The Kier molecular flexibility index (Phi) is 7.25. The second-order valence-corrected chi connectivity index (χ2v) is 4.58. The third kappa shape index (κ3) is 6.42. The number of nitrogens with one attached hydrogen (secondary N) is 1. The number of hydrogen-bond acceptors (Lipinski definition) is 6. The van der Waals surface area contributed by atoms with Crippen LogP contribution in [0, 0.1) is 0 Å². The molecule has 6 heteroatoms. The third-order valence-corrected chi connectivity index (χ3v) is 2.86. The molecule has 0 aromatic carbocycles. The van der Waals surface area contributed by atoms with Crippen LogP contribution in [0.4, 0.5) is 4.79 Å². The number of carbonyl (C=O) groups excluding carboxylic acids is 2. The van der Waals surface area contributed by atoms with Crippen LogP contribution < -0.4 is 5.32 Å². The highest BCUT2D eigenvalue weighted by Crippen LogP contribution is 2.09. The average Bonchev–Trinajstić information content (AvgIpc) is 2.88. The molecule has 0 bridgehead atoms. The van der Waals surface area contributed by atoms with Gasteiger partial charge in [0, 0.05) is 6.92 Å². The zero-order valence-electron chi connectivity index (χ0n) is 11.6. The van der Waals surface area contributed by atoms with Crippen molar-refractivity contribution in [3.63, 3.8) is 0 Å². The lowest BCUT2D eigenvalue weighted by atomic mass is 10.2. The summed E-state index contributed by atoms with van der Waals surface area (Å²) in [6.07, 6.45) is 2.86. The number of esters is 1. The molecule has 1 N–H and O–H groups in total. The fourth-order valence-electron chi connectivity index (χ4n) is 1.83. The van der Waals surface area contributed by atoms with E-state index in [1.807, 2.05) is 0 Å². The molecule has 0 spiro atoms. The number of hydrogen-bond donors (Lipinski definition) is 1. The molecule has 110 valence electrons. The summed E-state index contributed by atoms with van der Waals surface area (Å²) in [5.74, 6) is -0.385. The molecule has 1 aliphatic heterocycles. The van der Waals surface area contributed by atoms with Gasteiger partial charge in [0.05, 0.1) is 6.61 Å². The van der Waals surface area contributed by atoms with Gasteiger partial charge in [-0.3, -0.25) is 4.79 Å². The van der Waals surface area contributed by atoms with Crippen LogP contribution in [0.2, 0.25) is 0 Å². The minimum absolute atomic E-state index is 0.286. The molecule has 0 radical (unpaired) electrons. The quantitative estimate of drug-likeness (QED) is 0.434. The van der Waals surface area contributed by atoms with Gasteiger partial charge in [0.15, 0.2) is 0 Å². The Balaban J connectivity index is 2.13. The van der Waals surface area contributed by atoms with Gasteiger partial charge in [-0.1, -0.05) is 19.8 Å². The lowest BCUT2D eigenvalue weighted by molar-refractivity contribution is -0.170. The predicted octanol–water partition coefficient (Wildman–Crippen LogP) is 1.97. The lowest BCUT2D eigenvalue weighted by Gasteiger charge is -2.16. The maximum Gasteiger partial charge on any atom is 0.511 e. The number of carbonyl (C=O) groups is 2. The van der Waals surface area contributed by atoms with Crippen molar-refractivity contribution in [1.29, 1.82) is 0 Å². The standard InChI is InChI=1S/C13H23NO5/c1-3-4-5-9-17-13(16)19-10(2)18-12(15)11-7-6-8-14-11/h10-11,14H,3-9H2,1-2H3. The van der Waals surface area contributed by atoms with E-state index >= 15 is 0 Å². The lowest BCUT2D eigenvalue weighted by Crippen LogP contribution is -2.35. The van der Waals surface area contributed by atoms with Crippen LogP contribution in [0.5, 0.6) is 0 Å². The summed E-state index contributed by atoms with van der Waals surface area (Å²) in [6.45, 7) is 4.71. The van der Waals surface area contributed by atoms with Gasteiger partial charge in [0.1, 0.15) is 6.04 Å². The van der Waals surface area contributed by atoms with Crippen molar-refractivity contribution in [1.82, 2.24) is 5.32 Å². The molecule has 0 aromatic rings. The Morgan fingerprint density at radius 1 is 1.32 bits per heavy atom. The molecule has 1 saturated heterocycles. The van der Waals surface area contributed by atoms with Crippen LogP contribution in [0.1, 0.15) is 46.0 Å². The predicted molar refractivity (Wildman–Crippen MR) is 68.5 cm³/mol. The number of ether oxygens (including phenoxy) is 3. The van der Waals surface area contributed by atoms with Crippen molar-refractivity contribution >= 4 is 12.1 Å². The van der Waals surface area contributed by atoms with Gasteiger partial charge < -0.3 is 19.5 Å². The van der Waals surface area contributed by atoms with E-state index in [-0.39, 0.29) is 12.0 Å². The van der Waals surface area contributed by atoms with Gasteiger partial charge in [0.2, 0.25) is 6.29 Å². The summed E-state index contributed by atoms with van der Waals surface area (Å²) >= 11 is 0. The maximum absolute atomic E-state index is 11.6. The van der Waals surface area contributed by atoms with Gasteiger partial charge in [-0.15, -0.1) is 0 Å². The molecule has 0 amide bonds. The topological polar surface area (TPSA) is 73.9 Å². The van der Waals surface area contributed by atoms with Crippen LogP contribution in [0.3, 0.4) is 0 Å². The second-order valence-electron chi connectivity index (χ2n) is 4.58. The maximum atomic E-state index is 11.6. The molecule has 1 aliphatic rings. The first-order chi connectivity index (χ1) is 9.13. The highest BCUT2D eigenvalue weighted by Gasteiger charge is 2.26. The van der Waals surface area contributed by atoms with Crippen molar-refractivity contribution in [3.8, 4) is 0 Å². The van der Waals surface area contributed by atoms with E-state index in [9.17, 15) is 9.59 Å². The van der Waals surface area contributed by atoms with Gasteiger partial charge in [-0.25, -0.2) is 4.79 Å². The van der Waals surface area contributed by atoms with Crippen LogP contribution in [-0.2, 0) is 19.0 Å². The zero-order valence-corrected chi connectivity index (χ0v) is 11.6.